The Labute approximate surface area is 82.5 Å². The highest BCUT2D eigenvalue weighted by Gasteiger charge is 2.30. The maximum atomic E-state index is 10.0. The largest absolute Gasteiger partial charge is 0.393 e. The molecule has 78 valence electrons. The van der Waals surface area contributed by atoms with E-state index in [9.17, 15) is 5.11 Å². The summed E-state index contributed by atoms with van der Waals surface area (Å²) in [7, 11) is 0. The SMILES string of the molecule is CC(C)(C)[C@@H]1CCCCCC[C@@H]1O. The molecule has 0 saturated heterocycles. The lowest BCUT2D eigenvalue weighted by atomic mass is 9.72. The molecule has 1 rings (SSSR count). The van der Waals surface area contributed by atoms with Gasteiger partial charge in [0, 0.05) is 0 Å². The highest BCUT2D eigenvalue weighted by Crippen LogP contribution is 2.36. The van der Waals surface area contributed by atoms with Gasteiger partial charge in [-0.2, -0.15) is 0 Å². The monoisotopic (exact) mass is 184 g/mol. The van der Waals surface area contributed by atoms with Crippen LogP contribution in [0.5, 0.6) is 0 Å². The van der Waals surface area contributed by atoms with Crippen LogP contribution in [0.2, 0.25) is 0 Å². The van der Waals surface area contributed by atoms with Gasteiger partial charge in [0.2, 0.25) is 0 Å². The minimum Gasteiger partial charge on any atom is -0.393 e. The summed E-state index contributed by atoms with van der Waals surface area (Å²) in [5.41, 5.74) is 0.275. The van der Waals surface area contributed by atoms with Gasteiger partial charge < -0.3 is 5.11 Å². The van der Waals surface area contributed by atoms with Crippen LogP contribution < -0.4 is 0 Å². The molecule has 0 amide bonds. The molecular formula is C12H24O. The molecule has 1 heteroatoms. The zero-order valence-corrected chi connectivity index (χ0v) is 9.34. The Kier molecular flexibility index (Phi) is 3.78. The third kappa shape index (κ3) is 3.30. The van der Waals surface area contributed by atoms with Gasteiger partial charge >= 0.3 is 0 Å². The molecule has 0 spiro atoms. The van der Waals surface area contributed by atoms with Crippen molar-refractivity contribution in [2.45, 2.75) is 65.4 Å². The minimum absolute atomic E-state index is 0.0553. The molecule has 1 aliphatic rings. The van der Waals surface area contributed by atoms with Crippen molar-refractivity contribution in [3.05, 3.63) is 0 Å². The molecule has 0 heterocycles. The Morgan fingerprint density at radius 2 is 1.46 bits per heavy atom. The van der Waals surface area contributed by atoms with E-state index in [4.69, 9.17) is 0 Å². The first-order chi connectivity index (χ1) is 6.02. The van der Waals surface area contributed by atoms with Crippen molar-refractivity contribution >= 4 is 0 Å². The molecule has 1 nitrogen and oxygen atoms in total. The van der Waals surface area contributed by atoms with Crippen LogP contribution in [0.15, 0.2) is 0 Å². The Morgan fingerprint density at radius 1 is 0.923 bits per heavy atom. The van der Waals surface area contributed by atoms with Gasteiger partial charge in [0.1, 0.15) is 0 Å². The maximum absolute atomic E-state index is 10.0. The van der Waals surface area contributed by atoms with E-state index in [0.717, 1.165) is 6.42 Å². The van der Waals surface area contributed by atoms with Gasteiger partial charge in [0.15, 0.2) is 0 Å². The van der Waals surface area contributed by atoms with E-state index in [1.807, 2.05) is 0 Å². The molecular weight excluding hydrogens is 160 g/mol. The van der Waals surface area contributed by atoms with Crippen LogP contribution >= 0.6 is 0 Å². The molecule has 1 N–H and O–H groups in total. The fraction of sp³-hybridized carbons (Fsp3) is 1.00. The van der Waals surface area contributed by atoms with E-state index in [2.05, 4.69) is 20.8 Å². The fourth-order valence-corrected chi connectivity index (χ4v) is 2.48. The molecule has 0 radical (unpaired) electrons. The summed E-state index contributed by atoms with van der Waals surface area (Å²) < 4.78 is 0. The van der Waals surface area contributed by atoms with Crippen LogP contribution in [0.3, 0.4) is 0 Å². The zero-order valence-electron chi connectivity index (χ0n) is 9.34. The Hall–Kier alpha value is -0.0400. The molecule has 0 aromatic heterocycles. The first-order valence-corrected chi connectivity index (χ1v) is 5.70. The topological polar surface area (TPSA) is 20.2 Å². The van der Waals surface area contributed by atoms with Crippen LogP contribution in [0.25, 0.3) is 0 Å². The molecule has 13 heavy (non-hydrogen) atoms. The van der Waals surface area contributed by atoms with Crippen molar-refractivity contribution in [3.8, 4) is 0 Å². The van der Waals surface area contributed by atoms with Crippen molar-refractivity contribution in [2.75, 3.05) is 0 Å². The molecule has 1 saturated carbocycles. The molecule has 0 aliphatic heterocycles. The minimum atomic E-state index is -0.0553. The second-order valence-corrected chi connectivity index (χ2v) is 5.53. The Bertz CT molecular complexity index is 146. The van der Waals surface area contributed by atoms with Crippen LogP contribution in [-0.4, -0.2) is 11.2 Å². The predicted molar refractivity (Wildman–Crippen MR) is 56.7 cm³/mol. The van der Waals surface area contributed by atoms with Crippen LogP contribution in [0, 0.1) is 11.3 Å². The summed E-state index contributed by atoms with van der Waals surface area (Å²) in [5.74, 6) is 0.507. The summed E-state index contributed by atoms with van der Waals surface area (Å²) in [6, 6.07) is 0. The second-order valence-electron chi connectivity index (χ2n) is 5.53. The third-order valence-electron chi connectivity index (χ3n) is 3.34. The van der Waals surface area contributed by atoms with Crippen LogP contribution in [0.4, 0.5) is 0 Å². The average Bonchev–Trinajstić information content (AvgIpc) is 1.94. The lowest BCUT2D eigenvalue weighted by Gasteiger charge is -2.36. The lowest BCUT2D eigenvalue weighted by molar-refractivity contribution is 0.0233. The van der Waals surface area contributed by atoms with Crippen molar-refractivity contribution in [1.29, 1.82) is 0 Å². The van der Waals surface area contributed by atoms with Crippen molar-refractivity contribution in [3.63, 3.8) is 0 Å². The molecule has 2 atom stereocenters. The quantitative estimate of drug-likeness (QED) is 0.612. The highest BCUT2D eigenvalue weighted by molar-refractivity contribution is 4.81. The van der Waals surface area contributed by atoms with Gasteiger partial charge in [-0.15, -0.1) is 0 Å². The third-order valence-corrected chi connectivity index (χ3v) is 3.34. The average molecular weight is 184 g/mol. The van der Waals surface area contributed by atoms with Gasteiger partial charge in [-0.3, -0.25) is 0 Å². The number of rotatable bonds is 0. The summed E-state index contributed by atoms with van der Waals surface area (Å²) in [6.45, 7) is 6.76. The molecule has 0 unspecified atom stereocenters. The smallest absolute Gasteiger partial charge is 0.0573 e. The van der Waals surface area contributed by atoms with Gasteiger partial charge in [-0.25, -0.2) is 0 Å². The number of hydrogen-bond acceptors (Lipinski definition) is 1. The van der Waals surface area contributed by atoms with E-state index < -0.39 is 0 Å². The lowest BCUT2D eigenvalue weighted by Crippen LogP contribution is -2.32. The van der Waals surface area contributed by atoms with Gasteiger partial charge in [0.25, 0.3) is 0 Å². The fourth-order valence-electron chi connectivity index (χ4n) is 2.48. The first-order valence-electron chi connectivity index (χ1n) is 5.70. The molecule has 1 fully saturated rings. The van der Waals surface area contributed by atoms with Crippen molar-refractivity contribution < 1.29 is 5.11 Å². The van der Waals surface area contributed by atoms with E-state index in [-0.39, 0.29) is 11.5 Å². The summed E-state index contributed by atoms with van der Waals surface area (Å²) in [6.07, 6.45) is 7.37. The standard InChI is InChI=1S/C12H24O/c1-12(2,3)10-8-6-4-5-7-9-11(10)13/h10-11,13H,4-9H2,1-3H3/t10-,11+/m1/s1. The van der Waals surface area contributed by atoms with E-state index >= 15 is 0 Å². The van der Waals surface area contributed by atoms with E-state index in [0.29, 0.717) is 5.92 Å². The summed E-state index contributed by atoms with van der Waals surface area (Å²) in [4.78, 5) is 0. The molecule has 0 bridgehead atoms. The first kappa shape index (κ1) is 11.0. The maximum Gasteiger partial charge on any atom is 0.0573 e. The Balaban J connectivity index is 2.56. The van der Waals surface area contributed by atoms with Crippen LogP contribution in [0.1, 0.15) is 59.3 Å². The van der Waals surface area contributed by atoms with Crippen molar-refractivity contribution in [2.24, 2.45) is 11.3 Å². The van der Waals surface area contributed by atoms with E-state index in [1.54, 1.807) is 0 Å². The van der Waals surface area contributed by atoms with Gasteiger partial charge in [-0.05, 0) is 24.2 Å². The Morgan fingerprint density at radius 3 is 2.00 bits per heavy atom. The number of aliphatic hydroxyl groups is 1. The normalized spacial score (nSPS) is 32.3. The molecule has 0 aromatic rings. The zero-order chi connectivity index (χ0) is 9.90. The van der Waals surface area contributed by atoms with Crippen LogP contribution in [-0.2, 0) is 0 Å². The highest BCUT2D eigenvalue weighted by atomic mass is 16.3. The molecule has 0 aromatic carbocycles. The number of aliphatic hydroxyl groups excluding tert-OH is 1. The summed E-state index contributed by atoms with van der Waals surface area (Å²) >= 11 is 0. The van der Waals surface area contributed by atoms with E-state index in [1.165, 1.54) is 32.1 Å². The summed E-state index contributed by atoms with van der Waals surface area (Å²) in [5, 5.41) is 10.0. The van der Waals surface area contributed by atoms with Crippen molar-refractivity contribution in [1.82, 2.24) is 0 Å². The second kappa shape index (κ2) is 4.45. The van der Waals surface area contributed by atoms with Gasteiger partial charge in [0.05, 0.1) is 6.10 Å². The predicted octanol–water partition coefficient (Wildman–Crippen LogP) is 3.36. The van der Waals surface area contributed by atoms with Gasteiger partial charge in [-0.1, -0.05) is 46.5 Å². The number of hydrogen-bond donors (Lipinski definition) is 1. The molecule has 1 aliphatic carbocycles.